The molecular weight excluding hydrogens is 324 g/mol. The van der Waals surface area contributed by atoms with Gasteiger partial charge in [0.05, 0.1) is 6.04 Å². The van der Waals surface area contributed by atoms with Crippen molar-refractivity contribution in [2.45, 2.75) is 13.0 Å². The molecule has 4 nitrogen and oxygen atoms in total. The molecule has 3 aromatic rings. The number of nitrogens with one attached hydrogen (secondary N) is 1. The number of hydrogen-bond acceptors (Lipinski definition) is 3. The summed E-state index contributed by atoms with van der Waals surface area (Å²) in [5, 5.41) is 2.96. The molecule has 2 aromatic carbocycles. The Bertz CT molecular complexity index is 877. The van der Waals surface area contributed by atoms with Crippen LogP contribution in [0.2, 0.25) is 0 Å². The second-order valence-corrected chi connectivity index (χ2v) is 5.82. The maximum absolute atomic E-state index is 12.1. The van der Waals surface area contributed by atoms with Crippen LogP contribution in [0.5, 0.6) is 11.6 Å². The van der Waals surface area contributed by atoms with Crippen LogP contribution < -0.4 is 10.1 Å². The monoisotopic (exact) mass is 344 g/mol. The van der Waals surface area contributed by atoms with Crippen molar-refractivity contribution < 1.29 is 9.53 Å². The second kappa shape index (κ2) is 8.62. The molecule has 1 heterocycles. The van der Waals surface area contributed by atoms with Crippen molar-refractivity contribution in [1.82, 2.24) is 10.3 Å². The minimum Gasteiger partial charge on any atom is -0.439 e. The summed E-state index contributed by atoms with van der Waals surface area (Å²) in [6, 6.07) is 22.7. The lowest BCUT2D eigenvalue weighted by Gasteiger charge is -2.14. The number of pyridine rings is 1. The van der Waals surface area contributed by atoms with Crippen LogP contribution >= 0.6 is 0 Å². The highest BCUT2D eigenvalue weighted by molar-refractivity contribution is 5.91. The first-order valence-corrected chi connectivity index (χ1v) is 8.43. The predicted molar refractivity (Wildman–Crippen MR) is 103 cm³/mol. The molecule has 0 saturated carbocycles. The first-order chi connectivity index (χ1) is 12.7. The fraction of sp³-hybridized carbons (Fsp3) is 0.0909. The minimum absolute atomic E-state index is 0.141. The van der Waals surface area contributed by atoms with Gasteiger partial charge in [-0.15, -0.1) is 0 Å². The molecule has 130 valence electrons. The summed E-state index contributed by atoms with van der Waals surface area (Å²) in [6.07, 6.45) is 5.02. The third-order valence-electron chi connectivity index (χ3n) is 3.80. The Balaban J connectivity index is 1.62. The van der Waals surface area contributed by atoms with Crippen LogP contribution in [-0.4, -0.2) is 10.9 Å². The SMILES string of the molecule is CC(NC(=O)/C=C/c1ccccc1)c1cccc(Oc2ccccn2)c1. The molecular formula is C22H20N2O2. The maximum Gasteiger partial charge on any atom is 0.244 e. The standard InChI is InChI=1S/C22H20N2O2/c1-17(24-21(25)14-13-18-8-3-2-4-9-18)19-10-7-11-20(16-19)26-22-12-5-6-15-23-22/h2-17H,1H3,(H,24,25)/b14-13+. The number of carbonyl (C=O) groups is 1. The Labute approximate surface area is 153 Å². The number of nitrogens with zero attached hydrogens (tertiary/aromatic N) is 1. The highest BCUT2D eigenvalue weighted by atomic mass is 16.5. The lowest BCUT2D eigenvalue weighted by atomic mass is 10.1. The fourth-order valence-electron chi connectivity index (χ4n) is 2.46. The van der Waals surface area contributed by atoms with Crippen molar-refractivity contribution >= 4 is 12.0 Å². The highest BCUT2D eigenvalue weighted by Crippen LogP contribution is 2.23. The Morgan fingerprint density at radius 3 is 2.62 bits per heavy atom. The molecule has 1 aromatic heterocycles. The number of aromatic nitrogens is 1. The van der Waals surface area contributed by atoms with Gasteiger partial charge in [0.25, 0.3) is 0 Å². The molecule has 1 amide bonds. The molecule has 3 rings (SSSR count). The largest absolute Gasteiger partial charge is 0.439 e. The number of hydrogen-bond donors (Lipinski definition) is 1. The molecule has 0 radical (unpaired) electrons. The molecule has 1 unspecified atom stereocenters. The number of benzene rings is 2. The molecule has 0 saturated heterocycles. The van der Waals surface area contributed by atoms with E-state index in [1.54, 1.807) is 24.4 Å². The van der Waals surface area contributed by atoms with Crippen LogP contribution in [0.4, 0.5) is 0 Å². The van der Waals surface area contributed by atoms with Crippen molar-refractivity contribution in [3.63, 3.8) is 0 Å². The topological polar surface area (TPSA) is 51.2 Å². The Kier molecular flexibility index (Phi) is 5.78. The number of amides is 1. The van der Waals surface area contributed by atoms with E-state index in [0.717, 1.165) is 11.1 Å². The normalized spacial score (nSPS) is 11.9. The van der Waals surface area contributed by atoms with Crippen LogP contribution in [0.1, 0.15) is 24.1 Å². The van der Waals surface area contributed by atoms with Crippen LogP contribution in [0.3, 0.4) is 0 Å². The minimum atomic E-state index is -0.143. The molecule has 0 spiro atoms. The van der Waals surface area contributed by atoms with E-state index in [1.807, 2.05) is 73.7 Å². The average molecular weight is 344 g/mol. The molecule has 1 N–H and O–H groups in total. The summed E-state index contributed by atoms with van der Waals surface area (Å²) < 4.78 is 5.74. The van der Waals surface area contributed by atoms with E-state index < -0.39 is 0 Å². The van der Waals surface area contributed by atoms with E-state index in [9.17, 15) is 4.79 Å². The van der Waals surface area contributed by atoms with E-state index in [1.165, 1.54) is 0 Å². The van der Waals surface area contributed by atoms with E-state index in [4.69, 9.17) is 4.74 Å². The smallest absolute Gasteiger partial charge is 0.244 e. The van der Waals surface area contributed by atoms with E-state index in [-0.39, 0.29) is 11.9 Å². The van der Waals surface area contributed by atoms with Gasteiger partial charge in [0, 0.05) is 18.3 Å². The third kappa shape index (κ3) is 5.05. The van der Waals surface area contributed by atoms with Crippen molar-refractivity contribution in [2.75, 3.05) is 0 Å². The second-order valence-electron chi connectivity index (χ2n) is 5.82. The summed E-state index contributed by atoms with van der Waals surface area (Å²) in [5.41, 5.74) is 1.95. The Morgan fingerprint density at radius 1 is 1.04 bits per heavy atom. The number of carbonyl (C=O) groups excluding carboxylic acids is 1. The van der Waals surface area contributed by atoms with Crippen LogP contribution in [-0.2, 0) is 4.79 Å². The van der Waals surface area contributed by atoms with Gasteiger partial charge in [0.2, 0.25) is 11.8 Å². The quantitative estimate of drug-likeness (QED) is 0.656. The summed E-state index contributed by atoms with van der Waals surface area (Å²) in [6.45, 7) is 1.94. The average Bonchev–Trinajstić information content (AvgIpc) is 2.68. The summed E-state index contributed by atoms with van der Waals surface area (Å²) >= 11 is 0. The van der Waals surface area contributed by atoms with Crippen LogP contribution in [0.15, 0.2) is 85.1 Å². The first kappa shape index (κ1) is 17.4. The van der Waals surface area contributed by atoms with Gasteiger partial charge < -0.3 is 10.1 Å². The van der Waals surface area contributed by atoms with Gasteiger partial charge in [-0.2, -0.15) is 0 Å². The Morgan fingerprint density at radius 2 is 1.85 bits per heavy atom. The number of rotatable bonds is 6. The maximum atomic E-state index is 12.1. The van der Waals surface area contributed by atoms with Crippen molar-refractivity contribution in [1.29, 1.82) is 0 Å². The lowest BCUT2D eigenvalue weighted by molar-refractivity contribution is -0.117. The van der Waals surface area contributed by atoms with Gasteiger partial charge in [0.1, 0.15) is 5.75 Å². The zero-order valence-corrected chi connectivity index (χ0v) is 14.5. The van der Waals surface area contributed by atoms with E-state index >= 15 is 0 Å². The molecule has 0 aliphatic carbocycles. The summed E-state index contributed by atoms with van der Waals surface area (Å²) in [7, 11) is 0. The third-order valence-corrected chi connectivity index (χ3v) is 3.80. The van der Waals surface area contributed by atoms with Gasteiger partial charge in [-0.05, 0) is 42.3 Å². The predicted octanol–water partition coefficient (Wildman–Crippen LogP) is 4.76. The van der Waals surface area contributed by atoms with Crippen molar-refractivity contribution in [3.8, 4) is 11.6 Å². The van der Waals surface area contributed by atoms with Crippen molar-refractivity contribution in [3.05, 3.63) is 96.2 Å². The molecule has 4 heteroatoms. The van der Waals surface area contributed by atoms with Gasteiger partial charge in [0.15, 0.2) is 0 Å². The molecule has 1 atom stereocenters. The Hall–Kier alpha value is -3.40. The fourth-order valence-corrected chi connectivity index (χ4v) is 2.46. The molecule has 26 heavy (non-hydrogen) atoms. The summed E-state index contributed by atoms with van der Waals surface area (Å²) in [4.78, 5) is 16.3. The van der Waals surface area contributed by atoms with Crippen molar-refractivity contribution in [2.24, 2.45) is 0 Å². The van der Waals surface area contributed by atoms with Gasteiger partial charge in [-0.25, -0.2) is 4.98 Å². The zero-order valence-electron chi connectivity index (χ0n) is 14.5. The molecule has 0 aliphatic heterocycles. The highest BCUT2D eigenvalue weighted by Gasteiger charge is 2.09. The van der Waals surface area contributed by atoms with E-state index in [2.05, 4.69) is 10.3 Å². The van der Waals surface area contributed by atoms with Gasteiger partial charge >= 0.3 is 0 Å². The van der Waals surface area contributed by atoms with E-state index in [0.29, 0.717) is 11.6 Å². The lowest BCUT2D eigenvalue weighted by Crippen LogP contribution is -2.24. The van der Waals surface area contributed by atoms with Gasteiger partial charge in [-0.1, -0.05) is 48.5 Å². The molecule has 0 fully saturated rings. The molecule has 0 aliphatic rings. The number of ether oxygens (including phenoxy) is 1. The van der Waals surface area contributed by atoms with Crippen LogP contribution in [0, 0.1) is 0 Å². The molecule has 0 bridgehead atoms. The first-order valence-electron chi connectivity index (χ1n) is 8.43. The van der Waals surface area contributed by atoms with Gasteiger partial charge in [-0.3, -0.25) is 4.79 Å². The zero-order chi connectivity index (χ0) is 18.2. The van der Waals surface area contributed by atoms with Crippen LogP contribution in [0.25, 0.3) is 6.08 Å². The summed E-state index contributed by atoms with van der Waals surface area (Å²) in [5.74, 6) is 1.08.